The summed E-state index contributed by atoms with van der Waals surface area (Å²) >= 11 is 3.04. The lowest BCUT2D eigenvalue weighted by atomic mass is 10.1. The van der Waals surface area contributed by atoms with Crippen molar-refractivity contribution in [1.82, 2.24) is 15.6 Å². The molecule has 2 aromatic rings. The monoisotopic (exact) mass is 323 g/mol. The molecule has 0 aromatic carbocycles. The van der Waals surface area contributed by atoms with E-state index in [0.29, 0.717) is 18.0 Å². The summed E-state index contributed by atoms with van der Waals surface area (Å²) in [6, 6.07) is 3.98. The molecule has 0 aliphatic carbocycles. The van der Waals surface area contributed by atoms with Crippen molar-refractivity contribution < 1.29 is 9.90 Å². The van der Waals surface area contributed by atoms with Crippen molar-refractivity contribution in [2.45, 2.75) is 13.0 Å². The molecule has 1 aliphatic rings. The standard InChI is InChI=1S/C14H17N3O2S2/c1-8-12(21-14(17-8)11-3-2-4-20-11)13(19)16-6-9-5-15-7-10(9)18/h2-4,9-10,15,18H,5-7H2,1H3,(H,16,19). The van der Waals surface area contributed by atoms with E-state index in [4.69, 9.17) is 0 Å². The number of β-amino-alcohol motifs (C(OH)–C–C–N with tert-alkyl or cyclic N) is 1. The summed E-state index contributed by atoms with van der Waals surface area (Å²) in [5.74, 6) is -0.0224. The zero-order chi connectivity index (χ0) is 14.8. The molecule has 0 saturated carbocycles. The Hall–Kier alpha value is -1.28. The lowest BCUT2D eigenvalue weighted by Crippen LogP contribution is -2.34. The Morgan fingerprint density at radius 2 is 2.43 bits per heavy atom. The lowest BCUT2D eigenvalue weighted by Gasteiger charge is -2.13. The maximum Gasteiger partial charge on any atom is 0.263 e. The van der Waals surface area contributed by atoms with E-state index in [-0.39, 0.29) is 17.9 Å². The fraction of sp³-hybridized carbons (Fsp3) is 0.429. The zero-order valence-corrected chi connectivity index (χ0v) is 13.3. The second-order valence-corrected chi connectivity index (χ2v) is 7.05. The van der Waals surface area contributed by atoms with Gasteiger partial charge in [-0.25, -0.2) is 4.98 Å². The van der Waals surface area contributed by atoms with Gasteiger partial charge in [0.2, 0.25) is 0 Å². The third kappa shape index (κ3) is 3.16. The number of aliphatic hydroxyl groups is 1. The first-order valence-electron chi connectivity index (χ1n) is 6.83. The molecule has 1 saturated heterocycles. The Morgan fingerprint density at radius 3 is 3.10 bits per heavy atom. The fourth-order valence-electron chi connectivity index (χ4n) is 2.34. The number of rotatable bonds is 4. The van der Waals surface area contributed by atoms with Crippen LogP contribution < -0.4 is 10.6 Å². The molecule has 3 rings (SSSR count). The number of nitrogens with one attached hydrogen (secondary N) is 2. The van der Waals surface area contributed by atoms with Gasteiger partial charge in [0.1, 0.15) is 9.88 Å². The highest BCUT2D eigenvalue weighted by atomic mass is 32.1. The Balaban J connectivity index is 1.67. The van der Waals surface area contributed by atoms with E-state index in [1.54, 1.807) is 11.3 Å². The predicted molar refractivity (Wildman–Crippen MR) is 84.9 cm³/mol. The highest BCUT2D eigenvalue weighted by Crippen LogP contribution is 2.30. The maximum atomic E-state index is 12.3. The second-order valence-electron chi connectivity index (χ2n) is 5.11. The van der Waals surface area contributed by atoms with Crippen LogP contribution in [0.15, 0.2) is 17.5 Å². The number of aromatic nitrogens is 1. The van der Waals surface area contributed by atoms with E-state index in [0.717, 1.165) is 22.1 Å². The number of thiophene rings is 1. The molecule has 5 nitrogen and oxygen atoms in total. The fourth-order valence-corrected chi connectivity index (χ4v) is 4.12. The largest absolute Gasteiger partial charge is 0.391 e. The summed E-state index contributed by atoms with van der Waals surface area (Å²) in [6.07, 6.45) is -0.380. The molecule has 0 bridgehead atoms. The van der Waals surface area contributed by atoms with E-state index in [1.165, 1.54) is 11.3 Å². The normalized spacial score (nSPS) is 21.6. The summed E-state index contributed by atoms with van der Waals surface area (Å²) < 4.78 is 0. The van der Waals surface area contributed by atoms with Gasteiger partial charge in [0.15, 0.2) is 0 Å². The predicted octanol–water partition coefficient (Wildman–Crippen LogP) is 1.49. The summed E-state index contributed by atoms with van der Waals surface area (Å²) in [5, 5.41) is 18.6. The zero-order valence-electron chi connectivity index (χ0n) is 11.6. The van der Waals surface area contributed by atoms with Crippen LogP contribution in [-0.2, 0) is 0 Å². The molecule has 1 amide bonds. The van der Waals surface area contributed by atoms with Gasteiger partial charge >= 0.3 is 0 Å². The van der Waals surface area contributed by atoms with Gasteiger partial charge in [-0.15, -0.1) is 22.7 Å². The van der Waals surface area contributed by atoms with Crippen molar-refractivity contribution in [3.05, 3.63) is 28.1 Å². The Bertz CT molecular complexity index is 624. The van der Waals surface area contributed by atoms with Gasteiger partial charge in [-0.2, -0.15) is 0 Å². The number of amides is 1. The van der Waals surface area contributed by atoms with Gasteiger partial charge in [-0.3, -0.25) is 4.79 Å². The number of aliphatic hydroxyl groups excluding tert-OH is 1. The highest BCUT2D eigenvalue weighted by Gasteiger charge is 2.26. The minimum atomic E-state index is -0.380. The van der Waals surface area contributed by atoms with Gasteiger partial charge in [0.25, 0.3) is 5.91 Å². The molecule has 112 valence electrons. The molecular weight excluding hydrogens is 306 g/mol. The van der Waals surface area contributed by atoms with Gasteiger partial charge in [-0.05, 0) is 18.4 Å². The Labute approximate surface area is 131 Å². The van der Waals surface area contributed by atoms with E-state index < -0.39 is 0 Å². The van der Waals surface area contributed by atoms with Crippen LogP contribution in [0.1, 0.15) is 15.4 Å². The van der Waals surface area contributed by atoms with Crippen molar-refractivity contribution in [2.24, 2.45) is 5.92 Å². The lowest BCUT2D eigenvalue weighted by molar-refractivity contribution is 0.0930. The van der Waals surface area contributed by atoms with Gasteiger partial charge in [0, 0.05) is 25.6 Å². The third-order valence-electron chi connectivity index (χ3n) is 3.56. The SMILES string of the molecule is Cc1nc(-c2cccs2)sc1C(=O)NCC1CNCC1O. The summed E-state index contributed by atoms with van der Waals surface area (Å²) in [5.41, 5.74) is 0.756. The van der Waals surface area contributed by atoms with E-state index >= 15 is 0 Å². The smallest absolute Gasteiger partial charge is 0.263 e. The number of nitrogens with zero attached hydrogens (tertiary/aromatic N) is 1. The van der Waals surface area contributed by atoms with Crippen LogP contribution in [0.4, 0.5) is 0 Å². The molecule has 0 radical (unpaired) electrons. The number of hydrogen-bond acceptors (Lipinski definition) is 6. The Kier molecular flexibility index (Phi) is 4.34. The third-order valence-corrected chi connectivity index (χ3v) is 5.76. The van der Waals surface area contributed by atoms with Crippen molar-refractivity contribution in [3.63, 3.8) is 0 Å². The first-order valence-corrected chi connectivity index (χ1v) is 8.53. The highest BCUT2D eigenvalue weighted by molar-refractivity contribution is 7.22. The van der Waals surface area contributed by atoms with Crippen LogP contribution in [0.5, 0.6) is 0 Å². The second kappa shape index (κ2) is 6.23. The molecule has 0 spiro atoms. The quantitative estimate of drug-likeness (QED) is 0.797. The van der Waals surface area contributed by atoms with Crippen LogP contribution in [0.2, 0.25) is 0 Å². The number of aryl methyl sites for hydroxylation is 1. The summed E-state index contributed by atoms with van der Waals surface area (Å²) in [6.45, 7) is 3.68. The van der Waals surface area contributed by atoms with Gasteiger partial charge in [0.05, 0.1) is 16.7 Å². The molecule has 1 aliphatic heterocycles. The molecule has 2 aromatic heterocycles. The maximum absolute atomic E-state index is 12.3. The van der Waals surface area contributed by atoms with Crippen LogP contribution in [0, 0.1) is 12.8 Å². The van der Waals surface area contributed by atoms with Crippen molar-refractivity contribution in [3.8, 4) is 9.88 Å². The first-order chi connectivity index (χ1) is 10.1. The average Bonchev–Trinajstić information content (AvgIpc) is 3.16. The van der Waals surface area contributed by atoms with Gasteiger partial charge in [-0.1, -0.05) is 6.07 Å². The van der Waals surface area contributed by atoms with E-state index in [1.807, 2.05) is 24.4 Å². The number of hydrogen-bond donors (Lipinski definition) is 3. The average molecular weight is 323 g/mol. The van der Waals surface area contributed by atoms with Gasteiger partial charge < -0.3 is 15.7 Å². The molecule has 2 atom stereocenters. The molecule has 21 heavy (non-hydrogen) atoms. The van der Waals surface area contributed by atoms with E-state index in [9.17, 15) is 9.90 Å². The van der Waals surface area contributed by atoms with E-state index in [2.05, 4.69) is 15.6 Å². The minimum absolute atomic E-state index is 0.0824. The molecule has 3 N–H and O–H groups in total. The van der Waals surface area contributed by atoms with Crippen LogP contribution in [0.25, 0.3) is 9.88 Å². The molecule has 7 heteroatoms. The molecule has 1 fully saturated rings. The van der Waals surface area contributed by atoms with Crippen molar-refractivity contribution in [2.75, 3.05) is 19.6 Å². The topological polar surface area (TPSA) is 74.2 Å². The summed E-state index contributed by atoms with van der Waals surface area (Å²) in [4.78, 5) is 18.5. The number of carbonyl (C=O) groups is 1. The Morgan fingerprint density at radius 1 is 1.57 bits per heavy atom. The molecule has 2 unspecified atom stereocenters. The molecule has 3 heterocycles. The first kappa shape index (κ1) is 14.6. The van der Waals surface area contributed by atoms with Crippen molar-refractivity contribution in [1.29, 1.82) is 0 Å². The molecular formula is C14H17N3O2S2. The van der Waals surface area contributed by atoms with Crippen molar-refractivity contribution >= 4 is 28.6 Å². The minimum Gasteiger partial charge on any atom is -0.391 e. The van der Waals surface area contributed by atoms with Crippen LogP contribution in [-0.4, -0.2) is 41.7 Å². The number of thiazole rings is 1. The van der Waals surface area contributed by atoms with Crippen LogP contribution in [0.3, 0.4) is 0 Å². The number of carbonyl (C=O) groups excluding carboxylic acids is 1. The summed E-state index contributed by atoms with van der Waals surface area (Å²) in [7, 11) is 0. The van der Waals surface area contributed by atoms with Crippen LogP contribution >= 0.6 is 22.7 Å².